The Morgan fingerprint density at radius 2 is 1.76 bits per heavy atom. The largest absolute Gasteiger partial charge is 0.507 e. The zero-order valence-electron chi connectivity index (χ0n) is 19.6. The van der Waals surface area contributed by atoms with E-state index >= 15 is 0 Å². The van der Waals surface area contributed by atoms with E-state index in [1.54, 1.807) is 48.8 Å². The van der Waals surface area contributed by atoms with Crippen molar-refractivity contribution in [3.8, 4) is 5.75 Å². The van der Waals surface area contributed by atoms with E-state index in [9.17, 15) is 14.7 Å². The molecule has 176 valence electrons. The Bertz CT molecular complexity index is 1180. The van der Waals surface area contributed by atoms with Crippen molar-refractivity contribution in [2.75, 3.05) is 13.7 Å². The van der Waals surface area contributed by atoms with Crippen LogP contribution in [0.1, 0.15) is 48.9 Å². The summed E-state index contributed by atoms with van der Waals surface area (Å²) < 4.78 is 7.12. The minimum atomic E-state index is -0.672. The van der Waals surface area contributed by atoms with Crippen molar-refractivity contribution in [3.05, 3.63) is 89.5 Å². The van der Waals surface area contributed by atoms with Crippen molar-refractivity contribution in [3.63, 3.8) is 0 Å². The van der Waals surface area contributed by atoms with Crippen LogP contribution in [-0.2, 0) is 16.1 Å². The number of hydrogen-bond acceptors (Lipinski definition) is 5. The monoisotopic (exact) mass is 459 g/mol. The second-order valence-electron chi connectivity index (χ2n) is 8.70. The van der Waals surface area contributed by atoms with Crippen LogP contribution in [0.5, 0.6) is 5.75 Å². The highest BCUT2D eigenvalue weighted by atomic mass is 16.5. The maximum Gasteiger partial charge on any atom is 0.295 e. The lowest BCUT2D eigenvalue weighted by Crippen LogP contribution is -2.31. The zero-order valence-corrected chi connectivity index (χ0v) is 19.6. The van der Waals surface area contributed by atoms with Gasteiger partial charge in [-0.3, -0.25) is 9.59 Å². The summed E-state index contributed by atoms with van der Waals surface area (Å²) in [6, 6.07) is 14.0. The number of aliphatic hydroxyl groups is 1. The minimum absolute atomic E-state index is 0.107. The molecule has 0 bridgehead atoms. The highest BCUT2D eigenvalue weighted by molar-refractivity contribution is 6.46. The Morgan fingerprint density at radius 1 is 1.06 bits per heavy atom. The standard InChI is InChI=1S/C27H29N3O4/c1-18(2)19-5-7-20(8-6-19)24-23(25(31)21-9-11-22(34-3)12-10-21)26(32)27(33)30(24)15-4-14-29-16-13-28-17-29/h5-13,16-18,24,31H,4,14-15H2,1-3H3/t24-/m0/s1. The van der Waals surface area contributed by atoms with Gasteiger partial charge in [0.15, 0.2) is 0 Å². The summed E-state index contributed by atoms with van der Waals surface area (Å²) in [6.07, 6.45) is 5.93. The van der Waals surface area contributed by atoms with Crippen molar-refractivity contribution in [1.82, 2.24) is 14.5 Å². The van der Waals surface area contributed by atoms with E-state index in [0.717, 1.165) is 11.1 Å². The molecule has 7 nitrogen and oxygen atoms in total. The molecule has 0 spiro atoms. The van der Waals surface area contributed by atoms with Crippen LogP contribution in [-0.4, -0.2) is 44.9 Å². The lowest BCUT2D eigenvalue weighted by molar-refractivity contribution is -0.139. The highest BCUT2D eigenvalue weighted by Gasteiger charge is 2.45. The van der Waals surface area contributed by atoms with Gasteiger partial charge in [0.1, 0.15) is 11.5 Å². The molecule has 1 saturated heterocycles. The van der Waals surface area contributed by atoms with Gasteiger partial charge in [-0.15, -0.1) is 0 Å². The molecule has 1 atom stereocenters. The first-order chi connectivity index (χ1) is 16.4. The number of ether oxygens (including phenoxy) is 1. The predicted molar refractivity (Wildman–Crippen MR) is 129 cm³/mol. The molecule has 2 aromatic carbocycles. The summed E-state index contributed by atoms with van der Waals surface area (Å²) in [6.45, 7) is 5.26. The number of Topliss-reactive ketones (excluding diaryl/α,β-unsaturated/α-hetero) is 1. The maximum atomic E-state index is 13.2. The summed E-state index contributed by atoms with van der Waals surface area (Å²) in [4.78, 5) is 31.9. The third-order valence-electron chi connectivity index (χ3n) is 6.20. The number of likely N-dealkylation sites (tertiary alicyclic amines) is 1. The first-order valence-electron chi connectivity index (χ1n) is 11.4. The lowest BCUT2D eigenvalue weighted by Gasteiger charge is -2.26. The van der Waals surface area contributed by atoms with E-state index in [1.807, 2.05) is 35.0 Å². The third-order valence-corrected chi connectivity index (χ3v) is 6.20. The number of methoxy groups -OCH3 is 1. The molecule has 1 aliphatic rings. The van der Waals surface area contributed by atoms with Gasteiger partial charge in [0.2, 0.25) is 0 Å². The van der Waals surface area contributed by atoms with Crippen molar-refractivity contribution in [1.29, 1.82) is 0 Å². The molecule has 3 aromatic rings. The second-order valence-corrected chi connectivity index (χ2v) is 8.70. The van der Waals surface area contributed by atoms with Crippen molar-refractivity contribution >= 4 is 17.4 Å². The number of carbonyl (C=O) groups excluding carboxylic acids is 2. The van der Waals surface area contributed by atoms with Gasteiger partial charge < -0.3 is 19.3 Å². The number of aromatic nitrogens is 2. The van der Waals surface area contributed by atoms with Crippen LogP contribution in [0.25, 0.3) is 5.76 Å². The minimum Gasteiger partial charge on any atom is -0.507 e. The van der Waals surface area contributed by atoms with Gasteiger partial charge in [0.25, 0.3) is 11.7 Å². The van der Waals surface area contributed by atoms with Gasteiger partial charge >= 0.3 is 0 Å². The van der Waals surface area contributed by atoms with E-state index in [1.165, 1.54) is 0 Å². The smallest absolute Gasteiger partial charge is 0.295 e. The Balaban J connectivity index is 1.72. The first kappa shape index (κ1) is 23.3. The van der Waals surface area contributed by atoms with Crippen LogP contribution in [0.4, 0.5) is 0 Å². The number of ketones is 1. The predicted octanol–water partition coefficient (Wildman–Crippen LogP) is 4.53. The Kier molecular flexibility index (Phi) is 6.82. The SMILES string of the molecule is COc1ccc(C(O)=C2C(=O)C(=O)N(CCCn3ccnc3)[C@H]2c2ccc(C(C)C)cc2)cc1. The van der Waals surface area contributed by atoms with Crippen LogP contribution < -0.4 is 4.74 Å². The molecule has 0 radical (unpaired) electrons. The number of aliphatic hydroxyl groups excluding tert-OH is 1. The third kappa shape index (κ3) is 4.59. The van der Waals surface area contributed by atoms with Gasteiger partial charge in [-0.25, -0.2) is 4.98 Å². The number of rotatable bonds is 8. The molecule has 4 rings (SSSR count). The number of carbonyl (C=O) groups is 2. The highest BCUT2D eigenvalue weighted by Crippen LogP contribution is 2.40. The fourth-order valence-corrected chi connectivity index (χ4v) is 4.27. The fourth-order valence-electron chi connectivity index (χ4n) is 4.27. The Hall–Kier alpha value is -3.87. The molecule has 34 heavy (non-hydrogen) atoms. The fraction of sp³-hybridized carbons (Fsp3) is 0.296. The van der Waals surface area contributed by atoms with Gasteiger partial charge in [-0.2, -0.15) is 0 Å². The molecule has 1 aromatic heterocycles. The summed E-state index contributed by atoms with van der Waals surface area (Å²) in [7, 11) is 1.56. The quantitative estimate of drug-likeness (QED) is 0.304. The molecule has 2 heterocycles. The van der Waals surface area contributed by atoms with E-state index in [2.05, 4.69) is 18.8 Å². The second kappa shape index (κ2) is 9.95. The normalized spacial score (nSPS) is 17.5. The van der Waals surface area contributed by atoms with E-state index in [4.69, 9.17) is 4.74 Å². The van der Waals surface area contributed by atoms with E-state index in [0.29, 0.717) is 36.7 Å². The average molecular weight is 460 g/mol. The van der Waals surface area contributed by atoms with Gasteiger partial charge in [-0.05, 0) is 47.7 Å². The summed E-state index contributed by atoms with van der Waals surface area (Å²) in [5.41, 5.74) is 2.52. The number of imidazole rings is 1. The number of nitrogens with zero attached hydrogens (tertiary/aromatic N) is 3. The molecule has 7 heteroatoms. The van der Waals surface area contributed by atoms with Gasteiger partial charge in [0.05, 0.1) is 25.1 Å². The number of hydrogen-bond donors (Lipinski definition) is 1. The molecule has 1 N–H and O–H groups in total. The Morgan fingerprint density at radius 3 is 2.35 bits per heavy atom. The topological polar surface area (TPSA) is 84.7 Å². The van der Waals surface area contributed by atoms with Gasteiger partial charge in [0, 0.05) is 31.0 Å². The Labute approximate surface area is 199 Å². The van der Waals surface area contributed by atoms with Crippen LogP contribution in [0, 0.1) is 0 Å². The lowest BCUT2D eigenvalue weighted by atomic mass is 9.93. The van der Waals surface area contributed by atoms with Crippen LogP contribution >= 0.6 is 0 Å². The maximum absolute atomic E-state index is 13.2. The zero-order chi connectivity index (χ0) is 24.2. The van der Waals surface area contributed by atoms with Crippen molar-refractivity contribution in [2.45, 2.75) is 38.8 Å². The molecule has 1 amide bonds. The molecular formula is C27H29N3O4. The molecule has 0 unspecified atom stereocenters. The van der Waals surface area contributed by atoms with E-state index < -0.39 is 17.7 Å². The van der Waals surface area contributed by atoms with Crippen molar-refractivity contribution in [2.24, 2.45) is 0 Å². The molecule has 1 fully saturated rings. The molecule has 0 saturated carbocycles. The van der Waals surface area contributed by atoms with Crippen LogP contribution in [0.15, 0.2) is 72.8 Å². The first-order valence-corrected chi connectivity index (χ1v) is 11.4. The van der Waals surface area contributed by atoms with Gasteiger partial charge in [-0.1, -0.05) is 38.1 Å². The van der Waals surface area contributed by atoms with Crippen LogP contribution in [0.3, 0.4) is 0 Å². The molecule has 0 aliphatic carbocycles. The van der Waals surface area contributed by atoms with Crippen LogP contribution in [0.2, 0.25) is 0 Å². The molecule has 1 aliphatic heterocycles. The number of aryl methyl sites for hydroxylation is 1. The summed E-state index contributed by atoms with van der Waals surface area (Å²) in [5, 5.41) is 11.2. The number of amides is 1. The number of benzene rings is 2. The summed E-state index contributed by atoms with van der Waals surface area (Å²) in [5.74, 6) is -0.462. The molecular weight excluding hydrogens is 430 g/mol. The average Bonchev–Trinajstić information content (AvgIpc) is 3.46. The van der Waals surface area contributed by atoms with Crippen molar-refractivity contribution < 1.29 is 19.4 Å². The summed E-state index contributed by atoms with van der Waals surface area (Å²) >= 11 is 0. The van der Waals surface area contributed by atoms with E-state index in [-0.39, 0.29) is 11.3 Å².